The van der Waals surface area contributed by atoms with Gasteiger partial charge in [-0.2, -0.15) is 0 Å². The number of urea groups is 1. The van der Waals surface area contributed by atoms with Gasteiger partial charge in [-0.15, -0.1) is 0 Å². The molecule has 0 atom stereocenters. The highest BCUT2D eigenvalue weighted by Gasteiger charge is 2.25. The first-order chi connectivity index (χ1) is 14.3. The van der Waals surface area contributed by atoms with E-state index in [9.17, 15) is 4.79 Å². The summed E-state index contributed by atoms with van der Waals surface area (Å²) in [4.78, 5) is 18.6. The van der Waals surface area contributed by atoms with Crippen LogP contribution < -0.4 is 10.1 Å². The smallest absolute Gasteiger partial charge is 0.321 e. The van der Waals surface area contributed by atoms with Crippen molar-refractivity contribution in [1.82, 2.24) is 14.5 Å². The number of carbonyl (C=O) groups excluding carboxylic acids is 1. The Morgan fingerprint density at radius 3 is 2.60 bits per heavy atom. The van der Waals surface area contributed by atoms with Gasteiger partial charge >= 0.3 is 6.03 Å². The zero-order chi connectivity index (χ0) is 21.6. The van der Waals surface area contributed by atoms with Crippen LogP contribution in [0.1, 0.15) is 25.0 Å². The number of imidazole rings is 1. The van der Waals surface area contributed by atoms with Crippen LogP contribution in [0.2, 0.25) is 0 Å². The summed E-state index contributed by atoms with van der Waals surface area (Å²) < 4.78 is 7.84. The minimum Gasteiger partial charge on any atom is -0.490 e. The summed E-state index contributed by atoms with van der Waals surface area (Å²) in [6, 6.07) is 15.8. The molecule has 2 amide bonds. The largest absolute Gasteiger partial charge is 0.490 e. The second-order valence-electron chi connectivity index (χ2n) is 8.18. The third-order valence-electron chi connectivity index (χ3n) is 5.11. The van der Waals surface area contributed by atoms with Crippen LogP contribution >= 0.6 is 0 Å². The number of aryl methyl sites for hydroxylation is 1. The number of rotatable bonds is 8. The zero-order valence-corrected chi connectivity index (χ0v) is 18.1. The van der Waals surface area contributed by atoms with E-state index < -0.39 is 0 Å². The van der Waals surface area contributed by atoms with Crippen LogP contribution in [-0.2, 0) is 12.0 Å². The Bertz CT molecular complexity index is 950. The van der Waals surface area contributed by atoms with Crippen molar-refractivity contribution >= 4 is 11.7 Å². The minimum atomic E-state index is -0.166. The fraction of sp³-hybridized carbons (Fsp3) is 0.333. The Morgan fingerprint density at radius 2 is 1.90 bits per heavy atom. The number of nitrogens with zero attached hydrogens (tertiary/aromatic N) is 3. The van der Waals surface area contributed by atoms with Gasteiger partial charge in [-0.05, 0) is 24.6 Å². The summed E-state index contributed by atoms with van der Waals surface area (Å²) in [5, 5.41) is 2.98. The molecular formula is C24H30N4O2. The van der Waals surface area contributed by atoms with Crippen LogP contribution in [0.3, 0.4) is 0 Å². The molecule has 0 bridgehead atoms. The molecule has 3 aromatic rings. The fourth-order valence-electron chi connectivity index (χ4n) is 3.35. The highest BCUT2D eigenvalue weighted by Crippen LogP contribution is 2.26. The van der Waals surface area contributed by atoms with Gasteiger partial charge in [0, 0.05) is 31.4 Å². The standard InChI is InChI=1S/C24H30N4O2/c1-19-9-11-20(12-10-19)24(2,3)17-27(4)23(29)26-21-7-5-6-8-22(21)30-16-15-28-14-13-25-18-28/h5-14,18H,15-17H2,1-4H3,(H,26,29). The maximum atomic E-state index is 12.8. The van der Waals surface area contributed by atoms with E-state index in [4.69, 9.17) is 4.74 Å². The Hall–Kier alpha value is -3.28. The number of ether oxygens (including phenoxy) is 1. The first kappa shape index (κ1) is 21.4. The van der Waals surface area contributed by atoms with Crippen LogP contribution in [0.15, 0.2) is 67.3 Å². The molecule has 0 fully saturated rings. The number of amides is 2. The number of benzene rings is 2. The lowest BCUT2D eigenvalue weighted by atomic mass is 9.84. The molecule has 1 aromatic heterocycles. The second-order valence-corrected chi connectivity index (χ2v) is 8.18. The summed E-state index contributed by atoms with van der Waals surface area (Å²) in [7, 11) is 1.81. The molecule has 0 unspecified atom stereocenters. The first-order valence-electron chi connectivity index (χ1n) is 10.1. The lowest BCUT2D eigenvalue weighted by molar-refractivity contribution is 0.212. The zero-order valence-electron chi connectivity index (χ0n) is 18.1. The number of aromatic nitrogens is 2. The lowest BCUT2D eigenvalue weighted by Gasteiger charge is -2.31. The molecule has 6 heteroatoms. The third-order valence-corrected chi connectivity index (χ3v) is 5.11. The van der Waals surface area contributed by atoms with Gasteiger partial charge in [-0.1, -0.05) is 55.8 Å². The monoisotopic (exact) mass is 406 g/mol. The summed E-state index contributed by atoms with van der Waals surface area (Å²) in [5.41, 5.74) is 2.93. The van der Waals surface area contributed by atoms with Gasteiger partial charge in [-0.25, -0.2) is 9.78 Å². The van der Waals surface area contributed by atoms with E-state index in [-0.39, 0.29) is 11.4 Å². The molecule has 0 saturated heterocycles. The highest BCUT2D eigenvalue weighted by molar-refractivity contribution is 5.90. The van der Waals surface area contributed by atoms with Crippen molar-refractivity contribution in [3.8, 4) is 5.75 Å². The normalized spacial score (nSPS) is 11.2. The molecule has 0 aliphatic rings. The molecule has 6 nitrogen and oxygen atoms in total. The topological polar surface area (TPSA) is 59.4 Å². The first-order valence-corrected chi connectivity index (χ1v) is 10.1. The van der Waals surface area contributed by atoms with Gasteiger partial charge < -0.3 is 19.5 Å². The molecule has 1 heterocycles. The molecule has 0 radical (unpaired) electrons. The lowest BCUT2D eigenvalue weighted by Crippen LogP contribution is -2.40. The van der Waals surface area contributed by atoms with E-state index in [1.165, 1.54) is 11.1 Å². The molecule has 0 aliphatic carbocycles. The van der Waals surface area contributed by atoms with Gasteiger partial charge in [-0.3, -0.25) is 0 Å². The highest BCUT2D eigenvalue weighted by atomic mass is 16.5. The Balaban J connectivity index is 1.60. The van der Waals surface area contributed by atoms with Crippen molar-refractivity contribution in [3.05, 3.63) is 78.4 Å². The van der Waals surface area contributed by atoms with Gasteiger partial charge in [0.25, 0.3) is 0 Å². The molecule has 0 saturated carbocycles. The molecule has 158 valence electrons. The predicted octanol–water partition coefficient (Wildman–Crippen LogP) is 4.71. The van der Waals surface area contributed by atoms with E-state index in [2.05, 4.69) is 55.3 Å². The number of para-hydroxylation sites is 2. The second kappa shape index (κ2) is 9.48. The molecular weight excluding hydrogens is 376 g/mol. The molecule has 0 spiro atoms. The van der Waals surface area contributed by atoms with E-state index in [1.54, 1.807) is 17.4 Å². The molecule has 3 rings (SSSR count). The number of hydrogen-bond donors (Lipinski definition) is 1. The average molecular weight is 407 g/mol. The number of anilines is 1. The van der Waals surface area contributed by atoms with Crippen molar-refractivity contribution in [2.24, 2.45) is 0 Å². The van der Waals surface area contributed by atoms with Gasteiger partial charge in [0.15, 0.2) is 0 Å². The molecule has 0 aliphatic heterocycles. The van der Waals surface area contributed by atoms with E-state index >= 15 is 0 Å². The quantitative estimate of drug-likeness (QED) is 0.589. The van der Waals surface area contributed by atoms with Gasteiger partial charge in [0.2, 0.25) is 0 Å². The molecule has 1 N–H and O–H groups in total. The van der Waals surface area contributed by atoms with Crippen molar-refractivity contribution in [2.45, 2.75) is 32.7 Å². The number of likely N-dealkylation sites (N-methyl/N-ethyl adjacent to an activating group) is 1. The van der Waals surface area contributed by atoms with Crippen molar-refractivity contribution in [1.29, 1.82) is 0 Å². The van der Waals surface area contributed by atoms with Crippen molar-refractivity contribution in [3.63, 3.8) is 0 Å². The van der Waals surface area contributed by atoms with Crippen LogP contribution in [0.5, 0.6) is 5.75 Å². The number of nitrogens with one attached hydrogen (secondary N) is 1. The number of hydrogen-bond acceptors (Lipinski definition) is 3. The summed E-state index contributed by atoms with van der Waals surface area (Å²) in [6.07, 6.45) is 5.38. The van der Waals surface area contributed by atoms with Crippen LogP contribution in [-0.4, -0.2) is 40.7 Å². The van der Waals surface area contributed by atoms with Crippen molar-refractivity contribution < 1.29 is 9.53 Å². The fourth-order valence-corrected chi connectivity index (χ4v) is 3.35. The van der Waals surface area contributed by atoms with E-state index in [0.29, 0.717) is 31.1 Å². The Morgan fingerprint density at radius 1 is 1.17 bits per heavy atom. The van der Waals surface area contributed by atoms with Gasteiger partial charge in [0.1, 0.15) is 12.4 Å². The van der Waals surface area contributed by atoms with Crippen molar-refractivity contribution in [2.75, 3.05) is 25.5 Å². The maximum Gasteiger partial charge on any atom is 0.321 e. The SMILES string of the molecule is Cc1ccc(C(C)(C)CN(C)C(=O)Nc2ccccc2OCCn2ccnc2)cc1. The van der Waals surface area contributed by atoms with Crippen LogP contribution in [0.4, 0.5) is 10.5 Å². The van der Waals surface area contributed by atoms with E-state index in [1.807, 2.05) is 42.1 Å². The average Bonchev–Trinajstić information content (AvgIpc) is 3.23. The molecule has 2 aromatic carbocycles. The van der Waals surface area contributed by atoms with E-state index in [0.717, 1.165) is 0 Å². The summed E-state index contributed by atoms with van der Waals surface area (Å²) in [5.74, 6) is 0.650. The number of carbonyl (C=O) groups is 1. The Labute approximate surface area is 178 Å². The van der Waals surface area contributed by atoms with Gasteiger partial charge in [0.05, 0.1) is 18.6 Å². The Kier molecular flexibility index (Phi) is 6.77. The minimum absolute atomic E-state index is 0.166. The van der Waals surface area contributed by atoms with Crippen LogP contribution in [0.25, 0.3) is 0 Å². The third kappa shape index (κ3) is 5.63. The summed E-state index contributed by atoms with van der Waals surface area (Å²) >= 11 is 0. The summed E-state index contributed by atoms with van der Waals surface area (Å²) in [6.45, 7) is 8.13. The predicted molar refractivity (Wildman–Crippen MR) is 120 cm³/mol. The van der Waals surface area contributed by atoms with Crippen LogP contribution in [0, 0.1) is 6.92 Å². The maximum absolute atomic E-state index is 12.8. The molecule has 30 heavy (non-hydrogen) atoms.